The van der Waals surface area contributed by atoms with Gasteiger partial charge in [0.25, 0.3) is 0 Å². The van der Waals surface area contributed by atoms with E-state index in [9.17, 15) is 4.79 Å². The van der Waals surface area contributed by atoms with E-state index in [1.54, 1.807) is 31.2 Å². The first kappa shape index (κ1) is 14.4. The summed E-state index contributed by atoms with van der Waals surface area (Å²) in [7, 11) is 0. The summed E-state index contributed by atoms with van der Waals surface area (Å²) >= 11 is 13.0. The summed E-state index contributed by atoms with van der Waals surface area (Å²) in [5, 5.41) is 0.677. The molecular formula is C14H12Cl2O2S. The van der Waals surface area contributed by atoms with Crippen molar-refractivity contribution in [2.45, 2.75) is 20.0 Å². The second-order valence-electron chi connectivity index (χ2n) is 4.14. The molecule has 0 bridgehead atoms. The maximum Gasteiger partial charge on any atom is 0.212 e. The Balaban J connectivity index is 2.10. The van der Waals surface area contributed by atoms with Gasteiger partial charge in [0.15, 0.2) is 6.10 Å². The molecule has 1 unspecified atom stereocenters. The van der Waals surface area contributed by atoms with Crippen molar-refractivity contribution in [1.29, 1.82) is 0 Å². The summed E-state index contributed by atoms with van der Waals surface area (Å²) in [6.45, 7) is 3.61. The van der Waals surface area contributed by atoms with E-state index in [0.29, 0.717) is 20.0 Å². The molecule has 0 aliphatic carbocycles. The van der Waals surface area contributed by atoms with Crippen LogP contribution in [0.1, 0.15) is 22.2 Å². The number of ether oxygens (including phenoxy) is 1. The molecule has 100 valence electrons. The van der Waals surface area contributed by atoms with Gasteiger partial charge in [-0.3, -0.25) is 4.79 Å². The zero-order valence-corrected chi connectivity index (χ0v) is 12.8. The first-order chi connectivity index (χ1) is 8.97. The fourth-order valence-electron chi connectivity index (χ4n) is 1.60. The molecule has 0 aliphatic heterocycles. The van der Waals surface area contributed by atoms with Crippen molar-refractivity contribution in [2.75, 3.05) is 0 Å². The van der Waals surface area contributed by atoms with E-state index in [1.165, 1.54) is 11.3 Å². The highest BCUT2D eigenvalue weighted by Crippen LogP contribution is 2.25. The van der Waals surface area contributed by atoms with Crippen LogP contribution in [0.4, 0.5) is 0 Å². The quantitative estimate of drug-likeness (QED) is 0.741. The molecule has 1 atom stereocenters. The predicted molar refractivity (Wildman–Crippen MR) is 79.9 cm³/mol. The molecule has 1 aromatic carbocycles. The summed E-state index contributed by atoms with van der Waals surface area (Å²) in [6.07, 6.45) is -0.560. The van der Waals surface area contributed by atoms with Gasteiger partial charge in [-0.1, -0.05) is 23.2 Å². The van der Waals surface area contributed by atoms with Crippen LogP contribution in [0.15, 0.2) is 30.3 Å². The Morgan fingerprint density at radius 2 is 2.00 bits per heavy atom. The van der Waals surface area contributed by atoms with E-state index in [0.717, 1.165) is 5.56 Å². The molecule has 2 rings (SSSR count). The lowest BCUT2D eigenvalue weighted by molar-refractivity contribution is 0.0822. The molecule has 0 fully saturated rings. The third kappa shape index (κ3) is 3.50. The number of thiophene rings is 1. The van der Waals surface area contributed by atoms with Gasteiger partial charge in [-0.2, -0.15) is 0 Å². The normalized spacial score (nSPS) is 12.2. The molecule has 0 spiro atoms. The van der Waals surface area contributed by atoms with Crippen molar-refractivity contribution in [1.82, 2.24) is 0 Å². The maximum atomic E-state index is 12.1. The van der Waals surface area contributed by atoms with Gasteiger partial charge < -0.3 is 4.74 Å². The average Bonchev–Trinajstić information content (AvgIpc) is 2.79. The second kappa shape index (κ2) is 5.95. The smallest absolute Gasteiger partial charge is 0.212 e. The number of carbonyl (C=O) groups excluding carboxylic acids is 1. The molecule has 2 aromatic rings. The second-order valence-corrected chi connectivity index (χ2v) is 6.26. The Bertz CT molecular complexity index is 607. The Hall–Kier alpha value is -1.03. The minimum Gasteiger partial charge on any atom is -0.483 e. The monoisotopic (exact) mass is 314 g/mol. The zero-order chi connectivity index (χ0) is 14.0. The molecule has 1 aromatic heterocycles. The largest absolute Gasteiger partial charge is 0.483 e. The van der Waals surface area contributed by atoms with Crippen LogP contribution in [0.5, 0.6) is 5.75 Å². The maximum absolute atomic E-state index is 12.1. The van der Waals surface area contributed by atoms with E-state index in [-0.39, 0.29) is 5.78 Å². The van der Waals surface area contributed by atoms with Gasteiger partial charge in [-0.15, -0.1) is 11.3 Å². The molecule has 1 heterocycles. The van der Waals surface area contributed by atoms with Gasteiger partial charge in [0.1, 0.15) is 5.75 Å². The van der Waals surface area contributed by atoms with Gasteiger partial charge in [0.05, 0.1) is 9.21 Å². The van der Waals surface area contributed by atoms with Crippen LogP contribution in [-0.4, -0.2) is 11.9 Å². The Labute approximate surface area is 125 Å². The Morgan fingerprint density at radius 3 is 2.58 bits per heavy atom. The van der Waals surface area contributed by atoms with Gasteiger partial charge in [-0.25, -0.2) is 0 Å². The van der Waals surface area contributed by atoms with Crippen LogP contribution in [0.2, 0.25) is 9.36 Å². The van der Waals surface area contributed by atoms with Gasteiger partial charge in [-0.05, 0) is 49.7 Å². The molecular weight excluding hydrogens is 303 g/mol. The summed E-state index contributed by atoms with van der Waals surface area (Å²) in [4.78, 5) is 12.7. The summed E-state index contributed by atoms with van der Waals surface area (Å²) in [6, 6.07) is 8.74. The van der Waals surface area contributed by atoms with Crippen LogP contribution in [0.25, 0.3) is 0 Å². The van der Waals surface area contributed by atoms with Crippen molar-refractivity contribution in [3.05, 3.63) is 50.1 Å². The molecule has 0 radical (unpaired) electrons. The third-order valence-corrected chi connectivity index (χ3v) is 4.30. The molecule has 0 saturated heterocycles. The predicted octanol–water partition coefficient (Wildman–Crippen LogP) is 5.01. The molecule has 0 N–H and O–H groups in total. The standard InChI is InChI=1S/C14H12Cl2O2S/c1-8-7-10(3-4-11(8)15)18-9(2)14(17)12-5-6-13(16)19-12/h3-7,9H,1-2H3. The zero-order valence-electron chi connectivity index (χ0n) is 10.4. The van der Waals surface area contributed by atoms with Crippen LogP contribution in [0.3, 0.4) is 0 Å². The summed E-state index contributed by atoms with van der Waals surface area (Å²) in [5.41, 5.74) is 0.915. The molecule has 0 saturated carbocycles. The number of hydrogen-bond acceptors (Lipinski definition) is 3. The first-order valence-corrected chi connectivity index (χ1v) is 7.27. The topological polar surface area (TPSA) is 26.3 Å². The van der Waals surface area contributed by atoms with Crippen molar-refractivity contribution < 1.29 is 9.53 Å². The number of hydrogen-bond donors (Lipinski definition) is 0. The van der Waals surface area contributed by atoms with Crippen molar-refractivity contribution in [3.8, 4) is 5.75 Å². The van der Waals surface area contributed by atoms with E-state index < -0.39 is 6.10 Å². The minimum absolute atomic E-state index is 0.0792. The highest BCUT2D eigenvalue weighted by molar-refractivity contribution is 7.18. The lowest BCUT2D eigenvalue weighted by Gasteiger charge is -2.13. The average molecular weight is 315 g/mol. The number of rotatable bonds is 4. The minimum atomic E-state index is -0.560. The third-order valence-electron chi connectivity index (χ3n) is 2.63. The lowest BCUT2D eigenvalue weighted by Crippen LogP contribution is -2.23. The Kier molecular flexibility index (Phi) is 4.50. The first-order valence-electron chi connectivity index (χ1n) is 5.69. The number of ketones is 1. The Morgan fingerprint density at radius 1 is 1.26 bits per heavy atom. The number of halogens is 2. The van der Waals surface area contributed by atoms with E-state index in [1.807, 2.05) is 13.0 Å². The van der Waals surface area contributed by atoms with E-state index in [2.05, 4.69) is 0 Å². The van der Waals surface area contributed by atoms with Crippen molar-refractivity contribution >= 4 is 40.3 Å². The van der Waals surface area contributed by atoms with Crippen LogP contribution in [0, 0.1) is 6.92 Å². The van der Waals surface area contributed by atoms with E-state index in [4.69, 9.17) is 27.9 Å². The number of Topliss-reactive ketones (excluding diaryl/α,β-unsaturated/α-hetero) is 1. The summed E-state index contributed by atoms with van der Waals surface area (Å²) < 4.78 is 6.23. The SMILES string of the molecule is Cc1cc(OC(C)C(=O)c2ccc(Cl)s2)ccc1Cl. The fraction of sp³-hybridized carbons (Fsp3) is 0.214. The molecule has 0 aliphatic rings. The van der Waals surface area contributed by atoms with Crippen molar-refractivity contribution in [2.24, 2.45) is 0 Å². The molecule has 19 heavy (non-hydrogen) atoms. The fourth-order valence-corrected chi connectivity index (χ4v) is 2.77. The summed E-state index contributed by atoms with van der Waals surface area (Å²) in [5.74, 6) is 0.551. The highest BCUT2D eigenvalue weighted by atomic mass is 35.5. The molecule has 0 amide bonds. The van der Waals surface area contributed by atoms with Crippen LogP contribution < -0.4 is 4.74 Å². The number of aryl methyl sites for hydroxylation is 1. The number of carbonyl (C=O) groups is 1. The van der Waals surface area contributed by atoms with Crippen LogP contribution in [-0.2, 0) is 0 Å². The van der Waals surface area contributed by atoms with Crippen molar-refractivity contribution in [3.63, 3.8) is 0 Å². The van der Waals surface area contributed by atoms with E-state index >= 15 is 0 Å². The molecule has 5 heteroatoms. The van der Waals surface area contributed by atoms with Gasteiger partial charge in [0, 0.05) is 5.02 Å². The van der Waals surface area contributed by atoms with Gasteiger partial charge >= 0.3 is 0 Å². The molecule has 2 nitrogen and oxygen atoms in total. The van der Waals surface area contributed by atoms with Crippen LogP contribution >= 0.6 is 34.5 Å². The number of benzene rings is 1. The van der Waals surface area contributed by atoms with Gasteiger partial charge in [0.2, 0.25) is 5.78 Å². The highest BCUT2D eigenvalue weighted by Gasteiger charge is 2.18. The lowest BCUT2D eigenvalue weighted by atomic mass is 10.2.